The molecule has 0 bridgehead atoms. The summed E-state index contributed by atoms with van der Waals surface area (Å²) in [6.45, 7) is 6.52. The van der Waals surface area contributed by atoms with Crippen LogP contribution in [0.15, 0.2) is 66.2 Å². The topological polar surface area (TPSA) is 146 Å². The van der Waals surface area contributed by atoms with E-state index in [1.165, 1.54) is 41.7 Å². The summed E-state index contributed by atoms with van der Waals surface area (Å²) in [7, 11) is 0. The van der Waals surface area contributed by atoms with E-state index < -0.39 is 48.0 Å². The molecule has 286 valence electrons. The van der Waals surface area contributed by atoms with E-state index >= 15 is 0 Å². The molecule has 2 amide bonds. The first-order chi connectivity index (χ1) is 24.7. The first-order valence-electron chi connectivity index (χ1n) is 16.7. The number of nitrogens with two attached hydrogens (primary N) is 1. The van der Waals surface area contributed by atoms with Crippen molar-refractivity contribution in [3.8, 4) is 5.69 Å². The Labute approximate surface area is 307 Å². The van der Waals surface area contributed by atoms with Gasteiger partial charge in [-0.3, -0.25) is 9.69 Å². The molecule has 18 heteroatoms. The molecule has 2 unspecified atom stereocenters. The fourth-order valence-corrected chi connectivity index (χ4v) is 6.69. The SMILES string of the molecule is CC(C)(C)CC(C)(N=C(N)N(C=O)[C@H](COC(=O)NC1(C(F)(F)F)CC1)c1ccc(Cl)c(-n2nccn2)c1)C1(C)C=CC(c2cnn(C(F)F)c2)=CC1. The molecule has 0 spiro atoms. The second kappa shape index (κ2) is 14.6. The molecule has 1 aromatic carbocycles. The fraction of sp³-hybridized carbons (Fsp3) is 0.486. The Bertz CT molecular complexity index is 1900. The van der Waals surface area contributed by atoms with E-state index in [0.29, 0.717) is 46.3 Å². The van der Waals surface area contributed by atoms with Crippen molar-refractivity contribution >= 4 is 35.6 Å². The second-order valence-electron chi connectivity index (χ2n) is 14.9. The van der Waals surface area contributed by atoms with E-state index in [4.69, 9.17) is 27.1 Å². The molecule has 0 aliphatic heterocycles. The Morgan fingerprint density at radius 1 is 1.17 bits per heavy atom. The number of carbonyl (C=O) groups excluding carboxylic acids is 2. The van der Waals surface area contributed by atoms with Crippen molar-refractivity contribution in [2.24, 2.45) is 21.6 Å². The van der Waals surface area contributed by atoms with E-state index in [1.807, 2.05) is 58.2 Å². The van der Waals surface area contributed by atoms with Gasteiger partial charge in [0.15, 0.2) is 5.96 Å². The molecule has 0 radical (unpaired) electrons. The van der Waals surface area contributed by atoms with Crippen LogP contribution in [-0.4, -0.2) is 72.0 Å². The maximum Gasteiger partial charge on any atom is 0.411 e. The summed E-state index contributed by atoms with van der Waals surface area (Å²) in [5.74, 6) is -0.258. The quantitative estimate of drug-likeness (QED) is 0.0847. The normalized spacial score (nSPS) is 20.4. The molecule has 2 heterocycles. The highest BCUT2D eigenvalue weighted by Crippen LogP contribution is 2.50. The van der Waals surface area contributed by atoms with Gasteiger partial charge in [0.25, 0.3) is 0 Å². The van der Waals surface area contributed by atoms with E-state index in [1.54, 1.807) is 6.07 Å². The van der Waals surface area contributed by atoms with Crippen LogP contribution < -0.4 is 11.1 Å². The maximum atomic E-state index is 13.6. The van der Waals surface area contributed by atoms with E-state index in [0.717, 1.165) is 4.90 Å². The highest BCUT2D eigenvalue weighted by Gasteiger charge is 2.64. The minimum absolute atomic E-state index is 0.242. The molecule has 1 saturated carbocycles. The number of guanidine groups is 1. The minimum Gasteiger partial charge on any atom is -0.447 e. The molecule has 5 rings (SSSR count). The highest BCUT2D eigenvalue weighted by atomic mass is 35.5. The van der Waals surface area contributed by atoms with Crippen LogP contribution in [0.1, 0.15) is 84.0 Å². The van der Waals surface area contributed by atoms with Crippen LogP contribution in [-0.2, 0) is 9.53 Å². The number of carbonyl (C=O) groups is 2. The number of benzene rings is 1. The van der Waals surface area contributed by atoms with Gasteiger partial charge in [-0.05, 0) is 61.3 Å². The molecule has 0 saturated heterocycles. The lowest BCUT2D eigenvalue weighted by molar-refractivity contribution is -0.164. The number of aliphatic imine (C=N–C) groups is 1. The van der Waals surface area contributed by atoms with Gasteiger partial charge < -0.3 is 15.8 Å². The van der Waals surface area contributed by atoms with Crippen LogP contribution in [0.4, 0.5) is 26.7 Å². The van der Waals surface area contributed by atoms with Gasteiger partial charge >= 0.3 is 18.8 Å². The number of amides is 2. The average molecular weight is 766 g/mol. The number of hydrogen-bond donors (Lipinski definition) is 2. The van der Waals surface area contributed by atoms with Crippen LogP contribution in [0.2, 0.25) is 5.02 Å². The number of nitrogens with zero attached hydrogens (tertiary/aromatic N) is 7. The molecule has 3 N–H and O–H groups in total. The zero-order chi connectivity index (χ0) is 39.0. The summed E-state index contributed by atoms with van der Waals surface area (Å²) in [5, 5.41) is 14.1. The van der Waals surface area contributed by atoms with Crippen molar-refractivity contribution in [3.63, 3.8) is 0 Å². The molecule has 3 aromatic rings. The summed E-state index contributed by atoms with van der Waals surface area (Å²) in [6, 6.07) is 3.40. The van der Waals surface area contributed by atoms with Gasteiger partial charge in [-0.1, -0.05) is 63.6 Å². The zero-order valence-electron chi connectivity index (χ0n) is 29.7. The van der Waals surface area contributed by atoms with Gasteiger partial charge in [-0.25, -0.2) is 14.5 Å². The largest absolute Gasteiger partial charge is 0.447 e. The molecule has 1 fully saturated rings. The molecular weight excluding hydrogens is 725 g/mol. The van der Waals surface area contributed by atoms with Gasteiger partial charge in [0, 0.05) is 17.2 Å². The maximum absolute atomic E-state index is 13.6. The van der Waals surface area contributed by atoms with Crippen molar-refractivity contribution in [3.05, 3.63) is 77.4 Å². The lowest BCUT2D eigenvalue weighted by Gasteiger charge is -2.46. The Morgan fingerprint density at radius 3 is 2.38 bits per heavy atom. The zero-order valence-corrected chi connectivity index (χ0v) is 30.5. The molecular formula is C35H41ClF5N9O3. The Balaban J connectivity index is 1.50. The van der Waals surface area contributed by atoms with Crippen molar-refractivity contribution in [1.82, 2.24) is 35.0 Å². The highest BCUT2D eigenvalue weighted by molar-refractivity contribution is 6.32. The van der Waals surface area contributed by atoms with E-state index in [2.05, 4.69) is 15.3 Å². The number of alkyl halides is 5. The monoisotopic (exact) mass is 765 g/mol. The number of alkyl carbamates (subject to hydrolysis) is 1. The van der Waals surface area contributed by atoms with Crippen LogP contribution in [0.3, 0.4) is 0 Å². The Morgan fingerprint density at radius 2 is 1.85 bits per heavy atom. The standard InChI is InChI=1S/C35H41ClF5N9O3/c1-31(2,3)20-33(5,32(4)10-8-22(9-11-32)24-17-45-49(18-24)28(37)38)46-29(42)48(21-51)27(19-53-30(52)47-34(12-13-34)35(39,40)41)23-6-7-25(36)26(16-23)50-43-14-15-44-50/h6-10,14-18,21,27-28H,11-13,19-20H2,1-5H3,(H2,42,46)(H,47,52)/t27-,32?,33?/m1/s1. The average Bonchev–Trinajstić information content (AvgIpc) is 3.43. The second-order valence-corrected chi connectivity index (χ2v) is 15.4. The number of ether oxygens (including phenoxy) is 1. The van der Waals surface area contributed by atoms with Crippen LogP contribution >= 0.6 is 11.6 Å². The van der Waals surface area contributed by atoms with Gasteiger partial charge in [0.05, 0.1) is 35.2 Å². The van der Waals surface area contributed by atoms with Crippen molar-refractivity contribution in [2.75, 3.05) is 6.61 Å². The molecule has 3 atom stereocenters. The van der Waals surface area contributed by atoms with E-state index in [9.17, 15) is 31.5 Å². The first kappa shape index (κ1) is 39.4. The van der Waals surface area contributed by atoms with E-state index in [-0.39, 0.29) is 29.2 Å². The van der Waals surface area contributed by atoms with Crippen LogP contribution in [0.5, 0.6) is 0 Å². The number of allylic oxidation sites excluding steroid dienone is 3. The van der Waals surface area contributed by atoms with Gasteiger partial charge in [-0.15, -0.1) is 0 Å². The lowest BCUT2D eigenvalue weighted by atomic mass is 9.62. The third kappa shape index (κ3) is 8.55. The third-order valence-corrected chi connectivity index (χ3v) is 10.0. The van der Waals surface area contributed by atoms with Crippen molar-refractivity contribution in [1.29, 1.82) is 0 Å². The predicted octanol–water partition coefficient (Wildman–Crippen LogP) is 7.39. The summed E-state index contributed by atoms with van der Waals surface area (Å²) in [6.07, 6.45) is 5.80. The summed E-state index contributed by atoms with van der Waals surface area (Å²) in [4.78, 5) is 33.0. The smallest absolute Gasteiger partial charge is 0.411 e. The lowest BCUT2D eigenvalue weighted by Crippen LogP contribution is -2.50. The van der Waals surface area contributed by atoms with Crippen LogP contribution in [0, 0.1) is 10.8 Å². The number of nitrogens with one attached hydrogen (secondary N) is 1. The van der Waals surface area contributed by atoms with Crippen molar-refractivity contribution < 1.29 is 36.3 Å². The Kier molecular flexibility index (Phi) is 10.8. The number of rotatable bonds is 12. The fourth-order valence-electron chi connectivity index (χ4n) is 6.50. The third-order valence-electron chi connectivity index (χ3n) is 9.69. The molecule has 2 aliphatic rings. The summed E-state index contributed by atoms with van der Waals surface area (Å²) >= 11 is 6.45. The molecule has 12 nitrogen and oxygen atoms in total. The first-order valence-corrected chi connectivity index (χ1v) is 17.1. The number of halogens is 6. The predicted molar refractivity (Wildman–Crippen MR) is 187 cm³/mol. The van der Waals surface area contributed by atoms with Crippen molar-refractivity contribution in [2.45, 2.75) is 90.1 Å². The minimum atomic E-state index is -4.68. The number of hydrogen-bond acceptors (Lipinski definition) is 7. The molecule has 2 aliphatic carbocycles. The van der Waals surface area contributed by atoms with Crippen LogP contribution in [0.25, 0.3) is 11.3 Å². The summed E-state index contributed by atoms with van der Waals surface area (Å²) < 4.78 is 73.1. The summed E-state index contributed by atoms with van der Waals surface area (Å²) in [5.41, 5.74) is 4.11. The van der Waals surface area contributed by atoms with Gasteiger partial charge in [-0.2, -0.15) is 42.0 Å². The van der Waals surface area contributed by atoms with Gasteiger partial charge in [0.2, 0.25) is 6.41 Å². The molecule has 53 heavy (non-hydrogen) atoms. The Hall–Kier alpha value is -4.80. The van der Waals surface area contributed by atoms with Gasteiger partial charge in [0.1, 0.15) is 17.8 Å². The molecule has 2 aromatic heterocycles. The number of aromatic nitrogens is 5.